The number of nitrogens with two attached hydrogens (primary N) is 1. The van der Waals surface area contributed by atoms with Crippen LogP contribution in [-0.2, 0) is 16.8 Å². The van der Waals surface area contributed by atoms with E-state index in [0.29, 0.717) is 0 Å². The fourth-order valence-corrected chi connectivity index (χ4v) is 2.41. The van der Waals surface area contributed by atoms with Gasteiger partial charge >= 0.3 is 5.69 Å². The summed E-state index contributed by atoms with van der Waals surface area (Å²) in [6.45, 7) is 0.265. The van der Waals surface area contributed by atoms with Crippen molar-refractivity contribution in [2.45, 2.75) is 6.54 Å². The first-order valence-electron chi connectivity index (χ1n) is 6.01. The molecule has 9 heteroatoms. The number of hydrogen-bond donors (Lipinski definition) is 3. The quantitative estimate of drug-likeness (QED) is 0.578. The van der Waals surface area contributed by atoms with E-state index in [1.54, 1.807) is 0 Å². The van der Waals surface area contributed by atoms with Gasteiger partial charge in [-0.3, -0.25) is 4.57 Å². The van der Waals surface area contributed by atoms with E-state index in [4.69, 9.17) is 5.73 Å². The molecule has 2 aromatic heterocycles. The van der Waals surface area contributed by atoms with Gasteiger partial charge in [-0.05, 0) is 5.56 Å². The molecule has 0 bridgehead atoms. The molecule has 108 valence electrons. The zero-order valence-corrected chi connectivity index (χ0v) is 11.5. The van der Waals surface area contributed by atoms with Crippen LogP contribution in [0.5, 0.6) is 0 Å². The number of benzene rings is 1. The van der Waals surface area contributed by atoms with Crippen LogP contribution in [0.25, 0.3) is 11.2 Å². The number of nitrogen functional groups attached to an aromatic ring is 1. The first-order valence-corrected chi connectivity index (χ1v) is 7.08. The Labute approximate surface area is 119 Å². The summed E-state index contributed by atoms with van der Waals surface area (Å²) in [6, 6.07) is 9.28. The third-order valence-corrected chi connectivity index (χ3v) is 3.53. The van der Waals surface area contributed by atoms with E-state index in [-0.39, 0.29) is 28.3 Å². The van der Waals surface area contributed by atoms with Gasteiger partial charge in [0.1, 0.15) is 11.3 Å². The molecule has 0 atom stereocenters. The first-order chi connectivity index (χ1) is 10.1. The highest BCUT2D eigenvalue weighted by atomic mass is 32.2. The fourth-order valence-electron chi connectivity index (χ4n) is 2.06. The summed E-state index contributed by atoms with van der Waals surface area (Å²) in [4.78, 5) is 21.0. The van der Waals surface area contributed by atoms with E-state index in [2.05, 4.69) is 15.0 Å². The number of fused-ring (bicyclic) bond motifs is 1. The minimum absolute atomic E-state index is 0.0445. The van der Waals surface area contributed by atoms with Gasteiger partial charge in [-0.2, -0.15) is 13.4 Å². The second kappa shape index (κ2) is 4.94. The average molecular weight is 305 g/mol. The van der Waals surface area contributed by atoms with Crippen molar-refractivity contribution in [3.05, 3.63) is 51.2 Å². The van der Waals surface area contributed by atoms with Gasteiger partial charge in [0.2, 0.25) is 0 Å². The summed E-state index contributed by atoms with van der Waals surface area (Å²) >= 11 is 0. The molecule has 3 aromatic rings. The number of rotatable bonds is 2. The average Bonchev–Trinajstić information content (AvgIpc) is 2.77. The van der Waals surface area contributed by atoms with Crippen LogP contribution < -0.4 is 11.4 Å². The second-order valence-corrected chi connectivity index (χ2v) is 5.25. The van der Waals surface area contributed by atoms with Gasteiger partial charge in [-0.15, -0.1) is 0 Å². The van der Waals surface area contributed by atoms with Gasteiger partial charge < -0.3 is 15.7 Å². The molecule has 2 heterocycles. The number of imidazole rings is 1. The lowest BCUT2D eigenvalue weighted by molar-refractivity contribution is 0.623. The van der Waals surface area contributed by atoms with Crippen LogP contribution in [0, 0.1) is 4.77 Å². The van der Waals surface area contributed by atoms with Crippen molar-refractivity contribution in [3.8, 4) is 0 Å². The van der Waals surface area contributed by atoms with Gasteiger partial charge in [-0.25, -0.2) is 4.79 Å². The number of H-pyrrole nitrogens is 2. The van der Waals surface area contributed by atoms with Crippen molar-refractivity contribution in [3.63, 3.8) is 0 Å². The monoisotopic (exact) mass is 305 g/mol. The largest absolute Gasteiger partial charge is 0.383 e. The van der Waals surface area contributed by atoms with Gasteiger partial charge in [0.15, 0.2) is 5.65 Å². The van der Waals surface area contributed by atoms with Crippen LogP contribution in [0.1, 0.15) is 5.56 Å². The Morgan fingerprint density at radius 3 is 2.57 bits per heavy atom. The molecular weight excluding hydrogens is 294 g/mol. The molecule has 0 radical (unpaired) electrons. The fraction of sp³-hybridized carbons (Fsp3) is 0.0833. The van der Waals surface area contributed by atoms with Crippen LogP contribution >= 0.6 is 0 Å². The lowest BCUT2D eigenvalue weighted by Crippen LogP contribution is -2.17. The molecule has 0 saturated carbocycles. The maximum Gasteiger partial charge on any atom is 0.328 e. The molecule has 0 aliphatic carbocycles. The molecule has 0 spiro atoms. The topological polar surface area (TPSA) is 127 Å². The van der Waals surface area contributed by atoms with Crippen molar-refractivity contribution in [2.24, 2.45) is 0 Å². The van der Waals surface area contributed by atoms with Gasteiger partial charge in [-0.1, -0.05) is 30.3 Å². The molecule has 8 nitrogen and oxygen atoms in total. The number of anilines is 1. The second-order valence-electron chi connectivity index (χ2n) is 4.39. The Hall–Kier alpha value is -2.81. The number of aromatic nitrogens is 4. The Morgan fingerprint density at radius 2 is 1.90 bits per heavy atom. The molecular formula is C12H11N5O3S. The third kappa shape index (κ3) is 2.34. The predicted octanol–water partition coefficient (Wildman–Crippen LogP) is 0.0943. The maximum atomic E-state index is 12.0. The molecule has 0 aliphatic heterocycles. The standard InChI is InChI=1S/C12H11N5O3S/c13-9-8-10(16-11(15-9)21(19)20)17(12(18)14-8)6-7-4-2-1-3-5-7/h1-5,15H,6,13H2,(H,14,18). The van der Waals surface area contributed by atoms with E-state index in [1.807, 2.05) is 30.3 Å². The normalized spacial score (nSPS) is 10.9. The van der Waals surface area contributed by atoms with E-state index >= 15 is 0 Å². The van der Waals surface area contributed by atoms with Gasteiger partial charge in [0, 0.05) is 0 Å². The van der Waals surface area contributed by atoms with Crippen molar-refractivity contribution in [1.82, 2.24) is 19.5 Å². The smallest absolute Gasteiger partial charge is 0.328 e. The van der Waals surface area contributed by atoms with E-state index in [0.717, 1.165) is 5.56 Å². The van der Waals surface area contributed by atoms with E-state index in [1.165, 1.54) is 4.57 Å². The molecule has 0 amide bonds. The Kier molecular flexibility index (Phi) is 3.10. The molecule has 3 rings (SSSR count). The lowest BCUT2D eigenvalue weighted by Gasteiger charge is -2.03. The Balaban J connectivity index is 2.31. The SMILES string of the molecule is Nc1[nH]c(=S(=O)=O)nc2c1[nH]c(=O)n2Cc1ccccc1. The predicted molar refractivity (Wildman–Crippen MR) is 76.8 cm³/mol. The Morgan fingerprint density at radius 1 is 1.19 bits per heavy atom. The highest BCUT2D eigenvalue weighted by molar-refractivity contribution is 7.63. The summed E-state index contributed by atoms with van der Waals surface area (Å²) in [7, 11) is -2.57. The number of hydrogen-bond acceptors (Lipinski definition) is 5. The molecule has 0 aliphatic rings. The van der Waals surface area contributed by atoms with Gasteiger partial charge in [0.05, 0.1) is 6.54 Å². The minimum Gasteiger partial charge on any atom is -0.383 e. The molecule has 0 saturated heterocycles. The van der Waals surface area contributed by atoms with Gasteiger partial charge in [0.25, 0.3) is 15.1 Å². The molecule has 0 unspecified atom stereocenters. The number of nitrogens with one attached hydrogen (secondary N) is 2. The molecule has 1 aromatic carbocycles. The van der Waals surface area contributed by atoms with Crippen LogP contribution in [0.15, 0.2) is 35.1 Å². The van der Waals surface area contributed by atoms with Crippen LogP contribution in [0.3, 0.4) is 0 Å². The van der Waals surface area contributed by atoms with Crippen molar-refractivity contribution in [2.75, 3.05) is 5.73 Å². The van der Waals surface area contributed by atoms with Crippen molar-refractivity contribution in [1.29, 1.82) is 0 Å². The third-order valence-electron chi connectivity index (χ3n) is 3.02. The van der Waals surface area contributed by atoms with E-state index in [9.17, 15) is 13.2 Å². The van der Waals surface area contributed by atoms with Crippen LogP contribution in [-0.4, -0.2) is 27.9 Å². The zero-order chi connectivity index (χ0) is 15.0. The summed E-state index contributed by atoms with van der Waals surface area (Å²) < 4.78 is 23.1. The van der Waals surface area contributed by atoms with E-state index < -0.39 is 16.0 Å². The lowest BCUT2D eigenvalue weighted by atomic mass is 10.2. The van der Waals surface area contributed by atoms with Crippen molar-refractivity contribution < 1.29 is 8.42 Å². The van der Waals surface area contributed by atoms with Crippen LogP contribution in [0.4, 0.5) is 5.82 Å². The van der Waals surface area contributed by atoms with Crippen molar-refractivity contribution >= 4 is 27.3 Å². The molecule has 0 fully saturated rings. The molecule has 21 heavy (non-hydrogen) atoms. The number of aromatic amines is 2. The minimum atomic E-state index is -2.57. The maximum absolute atomic E-state index is 12.0. The highest BCUT2D eigenvalue weighted by Gasteiger charge is 2.12. The summed E-state index contributed by atoms with van der Waals surface area (Å²) in [5.74, 6) is 0.0445. The summed E-state index contributed by atoms with van der Waals surface area (Å²) in [6.07, 6.45) is 0. The first kappa shape index (κ1) is 13.2. The zero-order valence-electron chi connectivity index (χ0n) is 10.7. The summed E-state index contributed by atoms with van der Waals surface area (Å²) in [5, 5.41) is 0. The summed E-state index contributed by atoms with van der Waals surface area (Å²) in [5.41, 5.74) is 6.67. The van der Waals surface area contributed by atoms with Crippen LogP contribution in [0.2, 0.25) is 0 Å². The number of nitrogens with zero attached hydrogens (tertiary/aromatic N) is 2. The molecule has 4 N–H and O–H groups in total. The Bertz CT molecular complexity index is 1040. The highest BCUT2D eigenvalue weighted by Crippen LogP contribution is 2.13.